The molecule has 8 nitrogen and oxygen atoms in total. The third-order valence-electron chi connectivity index (χ3n) is 5.59. The summed E-state index contributed by atoms with van der Waals surface area (Å²) in [7, 11) is 6.04. The lowest BCUT2D eigenvalue weighted by molar-refractivity contribution is -0.115. The molecule has 0 bridgehead atoms. The van der Waals surface area contributed by atoms with Gasteiger partial charge in [0.25, 0.3) is 0 Å². The summed E-state index contributed by atoms with van der Waals surface area (Å²) in [6.07, 6.45) is -0.216. The second-order valence-electron chi connectivity index (χ2n) is 7.57. The second kappa shape index (κ2) is 10.2. The fourth-order valence-electron chi connectivity index (χ4n) is 3.98. The first kappa shape index (κ1) is 23.7. The van der Waals surface area contributed by atoms with Crippen molar-refractivity contribution in [1.82, 2.24) is 0 Å². The lowest BCUT2D eigenvalue weighted by Crippen LogP contribution is -2.18. The van der Waals surface area contributed by atoms with Crippen LogP contribution in [0.2, 0.25) is 0 Å². The largest absolute Gasteiger partial charge is 0.496 e. The monoisotopic (exact) mass is 475 g/mol. The Morgan fingerprint density at radius 2 is 1.40 bits per heavy atom. The number of nitrogens with one attached hydrogen (secondary N) is 1. The normalized spacial score (nSPS) is 10.6. The van der Waals surface area contributed by atoms with E-state index >= 15 is 0 Å². The third-order valence-corrected chi connectivity index (χ3v) is 5.59. The molecule has 4 aromatic rings. The van der Waals surface area contributed by atoms with Crippen LogP contribution in [-0.4, -0.2) is 34.3 Å². The van der Waals surface area contributed by atoms with E-state index in [1.54, 1.807) is 31.4 Å². The highest BCUT2D eigenvalue weighted by molar-refractivity contribution is 6.01. The molecule has 0 spiro atoms. The van der Waals surface area contributed by atoms with Crippen LogP contribution in [0.5, 0.6) is 23.0 Å². The number of para-hydroxylation sites is 1. The first-order valence-corrected chi connectivity index (χ1v) is 10.8. The number of carbonyl (C=O) groups is 1. The summed E-state index contributed by atoms with van der Waals surface area (Å²) >= 11 is 0. The molecule has 35 heavy (non-hydrogen) atoms. The molecule has 1 N–H and O–H groups in total. The number of fused-ring (bicyclic) bond motifs is 1. The zero-order valence-corrected chi connectivity index (χ0v) is 19.8. The maximum Gasteiger partial charge on any atom is 0.343 e. The van der Waals surface area contributed by atoms with Crippen molar-refractivity contribution in [2.75, 3.05) is 33.8 Å². The van der Waals surface area contributed by atoms with Crippen molar-refractivity contribution in [3.63, 3.8) is 0 Å². The van der Waals surface area contributed by atoms with Gasteiger partial charge in [0, 0.05) is 28.6 Å². The van der Waals surface area contributed by atoms with Crippen LogP contribution in [0.15, 0.2) is 69.9 Å². The highest BCUT2D eigenvalue weighted by atomic mass is 16.5. The van der Waals surface area contributed by atoms with Crippen molar-refractivity contribution in [3.8, 4) is 34.1 Å². The van der Waals surface area contributed by atoms with E-state index in [2.05, 4.69) is 5.32 Å². The van der Waals surface area contributed by atoms with Gasteiger partial charge in [0.1, 0.15) is 34.4 Å². The SMILES string of the molecule is COc1cc(OC)c(NC(=O)Cc2oc(=O)c3ccccc3c2-c2ccccc2OC)c(OC)c1. The quantitative estimate of drug-likeness (QED) is 0.395. The summed E-state index contributed by atoms with van der Waals surface area (Å²) in [5.74, 6) is 1.60. The fraction of sp³-hybridized carbons (Fsp3) is 0.185. The van der Waals surface area contributed by atoms with Crippen LogP contribution < -0.4 is 29.9 Å². The van der Waals surface area contributed by atoms with Crippen molar-refractivity contribution >= 4 is 22.4 Å². The number of carbonyl (C=O) groups excluding carboxylic acids is 1. The predicted octanol–water partition coefficient (Wildman–Crippen LogP) is 4.68. The summed E-state index contributed by atoms with van der Waals surface area (Å²) in [5, 5.41) is 3.89. The molecule has 1 heterocycles. The molecule has 180 valence electrons. The average molecular weight is 475 g/mol. The molecule has 0 aliphatic heterocycles. The standard InChI is InChI=1S/C27H25NO7/c1-31-16-13-22(33-3)26(23(14-16)34-4)28-24(29)15-21-25(19-11-7-8-12-20(19)32-2)17-9-5-6-10-18(17)27(30)35-21/h5-14H,15H2,1-4H3,(H,28,29). The maximum atomic E-state index is 13.2. The summed E-state index contributed by atoms with van der Waals surface area (Å²) in [6.45, 7) is 0. The topological polar surface area (TPSA) is 96.2 Å². The zero-order chi connectivity index (χ0) is 24.9. The van der Waals surface area contributed by atoms with Crippen LogP contribution in [0.25, 0.3) is 21.9 Å². The van der Waals surface area contributed by atoms with Gasteiger partial charge in [-0.05, 0) is 12.1 Å². The molecule has 8 heteroatoms. The molecule has 0 aliphatic rings. The number of hydrogen-bond acceptors (Lipinski definition) is 7. The third kappa shape index (κ3) is 4.63. The van der Waals surface area contributed by atoms with Crippen molar-refractivity contribution in [3.05, 3.63) is 76.8 Å². The summed E-state index contributed by atoms with van der Waals surface area (Å²) in [4.78, 5) is 26.0. The van der Waals surface area contributed by atoms with Crippen molar-refractivity contribution in [2.45, 2.75) is 6.42 Å². The molecule has 0 fully saturated rings. The molecule has 0 aliphatic carbocycles. The summed E-state index contributed by atoms with van der Waals surface area (Å²) in [6, 6.07) is 17.7. The van der Waals surface area contributed by atoms with E-state index in [1.165, 1.54) is 21.3 Å². The molecule has 0 unspecified atom stereocenters. The van der Waals surface area contributed by atoms with E-state index in [0.29, 0.717) is 50.6 Å². The van der Waals surface area contributed by atoms with Gasteiger partial charge < -0.3 is 28.7 Å². The van der Waals surface area contributed by atoms with Crippen LogP contribution in [0.4, 0.5) is 5.69 Å². The molecule has 0 radical (unpaired) electrons. The van der Waals surface area contributed by atoms with Crippen LogP contribution >= 0.6 is 0 Å². The number of methoxy groups -OCH3 is 4. The Morgan fingerprint density at radius 1 is 0.800 bits per heavy atom. The fourth-order valence-corrected chi connectivity index (χ4v) is 3.98. The highest BCUT2D eigenvalue weighted by Crippen LogP contribution is 2.40. The molecule has 0 saturated carbocycles. The predicted molar refractivity (Wildman–Crippen MR) is 133 cm³/mol. The number of ether oxygens (including phenoxy) is 4. The molecule has 3 aromatic carbocycles. The Hall–Kier alpha value is -4.46. The van der Waals surface area contributed by atoms with Crippen LogP contribution in [0.1, 0.15) is 5.76 Å². The van der Waals surface area contributed by atoms with Gasteiger partial charge in [-0.3, -0.25) is 4.79 Å². The Bertz CT molecular complexity index is 1420. The van der Waals surface area contributed by atoms with E-state index in [1.807, 2.05) is 36.4 Å². The van der Waals surface area contributed by atoms with E-state index in [4.69, 9.17) is 23.4 Å². The van der Waals surface area contributed by atoms with Crippen molar-refractivity contribution < 1.29 is 28.2 Å². The lowest BCUT2D eigenvalue weighted by atomic mass is 9.96. The van der Waals surface area contributed by atoms with Gasteiger partial charge in [0.2, 0.25) is 5.91 Å². The molecule has 0 atom stereocenters. The molecule has 1 aromatic heterocycles. The van der Waals surface area contributed by atoms with E-state index in [-0.39, 0.29) is 12.2 Å². The number of hydrogen-bond donors (Lipinski definition) is 1. The Morgan fingerprint density at radius 3 is 2.03 bits per heavy atom. The van der Waals surface area contributed by atoms with Gasteiger partial charge in [0.05, 0.1) is 40.2 Å². The first-order valence-electron chi connectivity index (χ1n) is 10.8. The van der Waals surface area contributed by atoms with Gasteiger partial charge in [-0.15, -0.1) is 0 Å². The minimum atomic E-state index is -0.526. The molecular weight excluding hydrogens is 450 g/mol. The average Bonchev–Trinajstić information content (AvgIpc) is 2.89. The summed E-state index contributed by atoms with van der Waals surface area (Å²) < 4.78 is 27.3. The zero-order valence-electron chi connectivity index (χ0n) is 19.8. The first-order chi connectivity index (χ1) is 17.0. The molecule has 0 saturated heterocycles. The van der Waals surface area contributed by atoms with Crippen LogP contribution in [-0.2, 0) is 11.2 Å². The highest BCUT2D eigenvalue weighted by Gasteiger charge is 2.22. The van der Waals surface area contributed by atoms with Gasteiger partial charge in [-0.2, -0.15) is 0 Å². The minimum Gasteiger partial charge on any atom is -0.496 e. The Balaban J connectivity index is 1.81. The van der Waals surface area contributed by atoms with E-state index in [0.717, 1.165) is 0 Å². The molecule has 4 rings (SSSR count). The molecular formula is C27H25NO7. The number of anilines is 1. The smallest absolute Gasteiger partial charge is 0.343 e. The lowest BCUT2D eigenvalue weighted by Gasteiger charge is -2.17. The van der Waals surface area contributed by atoms with Gasteiger partial charge in [-0.25, -0.2) is 4.79 Å². The Labute approximate surface area is 202 Å². The van der Waals surface area contributed by atoms with E-state index < -0.39 is 11.5 Å². The van der Waals surface area contributed by atoms with Gasteiger partial charge in [0.15, 0.2) is 0 Å². The van der Waals surface area contributed by atoms with Gasteiger partial charge >= 0.3 is 5.63 Å². The van der Waals surface area contributed by atoms with Gasteiger partial charge in [-0.1, -0.05) is 36.4 Å². The minimum absolute atomic E-state index is 0.210. The van der Waals surface area contributed by atoms with Crippen molar-refractivity contribution in [2.24, 2.45) is 0 Å². The van der Waals surface area contributed by atoms with Crippen molar-refractivity contribution in [1.29, 1.82) is 0 Å². The number of amides is 1. The Kier molecular flexibility index (Phi) is 6.91. The molecule has 1 amide bonds. The number of benzene rings is 3. The second-order valence-corrected chi connectivity index (χ2v) is 7.57. The summed E-state index contributed by atoms with van der Waals surface area (Å²) in [5.41, 5.74) is 1.13. The maximum absolute atomic E-state index is 13.2. The van der Waals surface area contributed by atoms with E-state index in [9.17, 15) is 9.59 Å². The van der Waals surface area contributed by atoms with Crippen LogP contribution in [0, 0.1) is 0 Å². The van der Waals surface area contributed by atoms with Crippen LogP contribution in [0.3, 0.4) is 0 Å². The number of rotatable bonds is 8.